The molecule has 2 aliphatic rings. The lowest BCUT2D eigenvalue weighted by molar-refractivity contribution is -0.145. The number of ether oxygens (including phenoxy) is 1. The van der Waals surface area contributed by atoms with Gasteiger partial charge in [-0.25, -0.2) is 9.59 Å². The number of amides is 2. The molecule has 0 radical (unpaired) electrons. The van der Waals surface area contributed by atoms with Gasteiger partial charge >= 0.3 is 12.0 Å². The van der Waals surface area contributed by atoms with Gasteiger partial charge in [0.1, 0.15) is 6.61 Å². The van der Waals surface area contributed by atoms with Gasteiger partial charge in [-0.3, -0.25) is 0 Å². The Labute approximate surface area is 113 Å². The Morgan fingerprint density at radius 1 is 1.37 bits per heavy atom. The summed E-state index contributed by atoms with van der Waals surface area (Å²) in [6, 6.07) is -0.00944. The summed E-state index contributed by atoms with van der Waals surface area (Å²) >= 11 is 0. The zero-order chi connectivity index (χ0) is 13.9. The molecule has 0 bridgehead atoms. The quantitative estimate of drug-likeness (QED) is 0.783. The second kappa shape index (κ2) is 5.77. The third kappa shape index (κ3) is 4.38. The van der Waals surface area contributed by atoms with Crippen molar-refractivity contribution >= 4 is 12.0 Å². The van der Waals surface area contributed by atoms with Gasteiger partial charge in [-0.2, -0.15) is 0 Å². The third-order valence-electron chi connectivity index (χ3n) is 3.94. The Morgan fingerprint density at radius 3 is 2.53 bits per heavy atom. The number of piperidine rings is 1. The number of likely N-dealkylation sites (tertiary alicyclic amines) is 1. The van der Waals surface area contributed by atoms with E-state index in [4.69, 9.17) is 9.84 Å². The first-order valence-electron chi connectivity index (χ1n) is 6.85. The predicted octanol–water partition coefficient (Wildman–Crippen LogP) is 1.06. The summed E-state index contributed by atoms with van der Waals surface area (Å²) in [5.74, 6) is -0.946. The number of carbonyl (C=O) groups excluding carboxylic acids is 1. The maximum Gasteiger partial charge on any atom is 0.329 e. The molecule has 0 spiro atoms. The van der Waals surface area contributed by atoms with E-state index in [1.807, 2.05) is 0 Å². The molecule has 0 aromatic carbocycles. The number of carboxylic acids is 1. The molecule has 2 amide bonds. The van der Waals surface area contributed by atoms with E-state index >= 15 is 0 Å². The Kier molecular flexibility index (Phi) is 4.29. The zero-order valence-electron chi connectivity index (χ0n) is 11.4. The van der Waals surface area contributed by atoms with Crippen LogP contribution in [0.25, 0.3) is 0 Å². The molecule has 6 heteroatoms. The highest BCUT2D eigenvalue weighted by Crippen LogP contribution is 2.44. The number of hydrogen-bond donors (Lipinski definition) is 2. The fraction of sp³-hybridized carbons (Fsp3) is 0.846. The molecule has 0 atom stereocenters. The first kappa shape index (κ1) is 14.1. The van der Waals surface area contributed by atoms with Crippen LogP contribution in [0, 0.1) is 5.41 Å². The van der Waals surface area contributed by atoms with Crippen molar-refractivity contribution in [3.05, 3.63) is 0 Å². The van der Waals surface area contributed by atoms with Crippen molar-refractivity contribution in [2.45, 2.75) is 38.7 Å². The van der Waals surface area contributed by atoms with Gasteiger partial charge in [0, 0.05) is 19.6 Å². The second-order valence-corrected chi connectivity index (χ2v) is 5.86. The molecule has 1 saturated carbocycles. The molecule has 1 saturated heterocycles. The van der Waals surface area contributed by atoms with Crippen LogP contribution in [0.5, 0.6) is 0 Å². The number of urea groups is 1. The molecule has 2 N–H and O–H groups in total. The number of aliphatic carboxylic acids is 1. The molecule has 0 aromatic rings. The van der Waals surface area contributed by atoms with Crippen LogP contribution in [-0.2, 0) is 9.53 Å². The molecule has 0 aromatic heterocycles. The average molecular weight is 270 g/mol. The van der Waals surface area contributed by atoms with E-state index < -0.39 is 5.97 Å². The van der Waals surface area contributed by atoms with Gasteiger partial charge in [0.15, 0.2) is 0 Å². The van der Waals surface area contributed by atoms with Crippen molar-refractivity contribution in [1.82, 2.24) is 10.2 Å². The Bertz CT molecular complexity index is 347. The van der Waals surface area contributed by atoms with Gasteiger partial charge < -0.3 is 20.1 Å². The summed E-state index contributed by atoms with van der Waals surface area (Å²) in [5, 5.41) is 11.5. The zero-order valence-corrected chi connectivity index (χ0v) is 11.4. The van der Waals surface area contributed by atoms with Crippen molar-refractivity contribution in [1.29, 1.82) is 0 Å². The van der Waals surface area contributed by atoms with E-state index in [0.29, 0.717) is 31.3 Å². The molecule has 2 fully saturated rings. The fourth-order valence-corrected chi connectivity index (χ4v) is 2.21. The number of nitrogens with zero attached hydrogens (tertiary/aromatic N) is 1. The fourth-order valence-electron chi connectivity index (χ4n) is 2.21. The van der Waals surface area contributed by atoms with Crippen molar-refractivity contribution in [2.24, 2.45) is 5.41 Å². The van der Waals surface area contributed by atoms with Gasteiger partial charge in [-0.05, 0) is 31.1 Å². The lowest BCUT2D eigenvalue weighted by Crippen LogP contribution is -2.47. The summed E-state index contributed by atoms with van der Waals surface area (Å²) in [6.45, 7) is 3.94. The van der Waals surface area contributed by atoms with Gasteiger partial charge in [-0.15, -0.1) is 0 Å². The van der Waals surface area contributed by atoms with Crippen LogP contribution in [0.15, 0.2) is 0 Å². The summed E-state index contributed by atoms with van der Waals surface area (Å²) in [6.07, 6.45) is 3.76. The SMILES string of the molecule is CC1(CNC(=O)N2CCC(OCC(=O)O)CC2)CC1. The minimum Gasteiger partial charge on any atom is -0.480 e. The third-order valence-corrected chi connectivity index (χ3v) is 3.94. The molecular weight excluding hydrogens is 248 g/mol. The average Bonchev–Trinajstić information content (AvgIpc) is 3.13. The summed E-state index contributed by atoms with van der Waals surface area (Å²) in [4.78, 5) is 24.1. The normalized spacial score (nSPS) is 22.1. The monoisotopic (exact) mass is 270 g/mol. The van der Waals surface area contributed by atoms with E-state index in [1.54, 1.807) is 4.90 Å². The van der Waals surface area contributed by atoms with Crippen molar-refractivity contribution < 1.29 is 19.4 Å². The van der Waals surface area contributed by atoms with Gasteiger partial charge in [-0.1, -0.05) is 6.92 Å². The lowest BCUT2D eigenvalue weighted by atomic mass is 10.1. The van der Waals surface area contributed by atoms with Crippen LogP contribution < -0.4 is 5.32 Å². The second-order valence-electron chi connectivity index (χ2n) is 5.86. The number of carboxylic acid groups (broad SMARTS) is 1. The molecular formula is C13H22N2O4. The standard InChI is InChI=1S/C13H22N2O4/c1-13(4-5-13)9-14-12(18)15-6-2-10(3-7-15)19-8-11(16)17/h10H,2-9H2,1H3,(H,14,18)(H,16,17). The molecule has 108 valence electrons. The Balaban J connectivity index is 1.64. The topological polar surface area (TPSA) is 78.9 Å². The van der Waals surface area contributed by atoms with E-state index in [0.717, 1.165) is 6.54 Å². The molecule has 1 heterocycles. The van der Waals surface area contributed by atoms with E-state index in [9.17, 15) is 9.59 Å². The van der Waals surface area contributed by atoms with Crippen LogP contribution >= 0.6 is 0 Å². The Morgan fingerprint density at radius 2 is 2.00 bits per heavy atom. The summed E-state index contributed by atoms with van der Waals surface area (Å²) in [5.41, 5.74) is 0.318. The number of hydrogen-bond acceptors (Lipinski definition) is 3. The lowest BCUT2D eigenvalue weighted by Gasteiger charge is -2.32. The first-order valence-corrected chi connectivity index (χ1v) is 6.85. The van der Waals surface area contributed by atoms with E-state index in [-0.39, 0.29) is 18.7 Å². The van der Waals surface area contributed by atoms with Crippen molar-refractivity contribution in [3.8, 4) is 0 Å². The molecule has 1 aliphatic carbocycles. The van der Waals surface area contributed by atoms with Crippen LogP contribution in [0.1, 0.15) is 32.6 Å². The maximum atomic E-state index is 11.9. The number of nitrogens with one attached hydrogen (secondary N) is 1. The Hall–Kier alpha value is -1.30. The maximum absolute atomic E-state index is 11.9. The highest BCUT2D eigenvalue weighted by atomic mass is 16.5. The van der Waals surface area contributed by atoms with Crippen LogP contribution in [0.3, 0.4) is 0 Å². The highest BCUT2D eigenvalue weighted by Gasteiger charge is 2.37. The van der Waals surface area contributed by atoms with Crippen molar-refractivity contribution in [3.63, 3.8) is 0 Å². The predicted molar refractivity (Wildman–Crippen MR) is 68.9 cm³/mol. The number of carbonyl (C=O) groups is 2. The summed E-state index contributed by atoms with van der Waals surface area (Å²) in [7, 11) is 0. The number of rotatable bonds is 5. The molecule has 2 rings (SSSR count). The van der Waals surface area contributed by atoms with Crippen LogP contribution in [0.2, 0.25) is 0 Å². The minimum atomic E-state index is -0.946. The molecule has 1 aliphatic heterocycles. The van der Waals surface area contributed by atoms with Crippen LogP contribution in [-0.4, -0.2) is 54.4 Å². The summed E-state index contributed by atoms with van der Waals surface area (Å²) < 4.78 is 5.24. The smallest absolute Gasteiger partial charge is 0.329 e. The van der Waals surface area contributed by atoms with Crippen LogP contribution in [0.4, 0.5) is 4.79 Å². The molecule has 0 unspecified atom stereocenters. The first-order chi connectivity index (χ1) is 8.98. The van der Waals surface area contributed by atoms with Gasteiger partial charge in [0.2, 0.25) is 0 Å². The highest BCUT2D eigenvalue weighted by molar-refractivity contribution is 5.74. The van der Waals surface area contributed by atoms with E-state index in [2.05, 4.69) is 12.2 Å². The minimum absolute atomic E-state index is 0.00944. The largest absolute Gasteiger partial charge is 0.480 e. The van der Waals surface area contributed by atoms with Gasteiger partial charge in [0.05, 0.1) is 6.10 Å². The van der Waals surface area contributed by atoms with Gasteiger partial charge in [0.25, 0.3) is 0 Å². The molecule has 6 nitrogen and oxygen atoms in total. The van der Waals surface area contributed by atoms with E-state index in [1.165, 1.54) is 12.8 Å². The molecule has 19 heavy (non-hydrogen) atoms. The van der Waals surface area contributed by atoms with Crippen molar-refractivity contribution in [2.75, 3.05) is 26.2 Å².